The number of fused-ring (bicyclic) bond motifs is 2. The van der Waals surface area contributed by atoms with E-state index in [0.717, 1.165) is 36.5 Å². The van der Waals surface area contributed by atoms with Gasteiger partial charge in [-0.2, -0.15) is 0 Å². The number of piperidine rings is 1. The molecule has 20 heavy (non-hydrogen) atoms. The Labute approximate surface area is 121 Å². The summed E-state index contributed by atoms with van der Waals surface area (Å²) in [6.45, 7) is 9.95. The van der Waals surface area contributed by atoms with E-state index in [0.29, 0.717) is 12.1 Å². The summed E-state index contributed by atoms with van der Waals surface area (Å²) < 4.78 is 11.4. The summed E-state index contributed by atoms with van der Waals surface area (Å²) in [5, 5.41) is 10.7. The van der Waals surface area contributed by atoms with Gasteiger partial charge in [0, 0.05) is 23.6 Å². The third-order valence-corrected chi connectivity index (χ3v) is 5.13. The minimum absolute atomic E-state index is 0.179. The molecule has 0 amide bonds. The number of ether oxygens (including phenoxy) is 2. The molecule has 2 heterocycles. The Kier molecular flexibility index (Phi) is 3.55. The van der Waals surface area contributed by atoms with E-state index in [-0.39, 0.29) is 12.7 Å². The first-order valence-corrected chi connectivity index (χ1v) is 7.74. The molecule has 0 aromatic heterocycles. The Hall–Kier alpha value is -1.00. The largest absolute Gasteiger partial charge is 0.454 e. The van der Waals surface area contributed by atoms with Crippen LogP contribution in [0.4, 0.5) is 0 Å². The zero-order valence-corrected chi connectivity index (χ0v) is 12.8. The first-order chi connectivity index (χ1) is 9.60. The molecule has 3 unspecified atom stereocenters. The second kappa shape index (κ2) is 5.08. The highest BCUT2D eigenvalue weighted by Crippen LogP contribution is 2.46. The molecule has 2 aliphatic heterocycles. The Morgan fingerprint density at radius 3 is 2.60 bits per heavy atom. The molecule has 112 valence electrons. The second-order valence-corrected chi connectivity index (χ2v) is 6.09. The fourth-order valence-electron chi connectivity index (χ4n) is 4.19. The van der Waals surface area contributed by atoms with Crippen LogP contribution in [-0.2, 0) is 9.47 Å². The van der Waals surface area contributed by atoms with Gasteiger partial charge >= 0.3 is 0 Å². The van der Waals surface area contributed by atoms with Gasteiger partial charge in [0.2, 0.25) is 6.79 Å². The van der Waals surface area contributed by atoms with Crippen molar-refractivity contribution in [1.82, 2.24) is 4.90 Å². The summed E-state index contributed by atoms with van der Waals surface area (Å²) in [5.41, 5.74) is 2.19. The number of rotatable bonds is 2. The average Bonchev–Trinajstić information content (AvgIpc) is 2.92. The summed E-state index contributed by atoms with van der Waals surface area (Å²) in [4.78, 5) is 2.52. The molecule has 0 bridgehead atoms. The molecule has 4 atom stereocenters. The average molecular weight is 279 g/mol. The van der Waals surface area contributed by atoms with Crippen molar-refractivity contribution in [3.05, 3.63) is 22.7 Å². The van der Waals surface area contributed by atoms with Crippen molar-refractivity contribution in [2.24, 2.45) is 5.92 Å². The van der Waals surface area contributed by atoms with Gasteiger partial charge in [-0.3, -0.25) is 4.90 Å². The third kappa shape index (κ3) is 1.81. The van der Waals surface area contributed by atoms with E-state index < -0.39 is 6.10 Å². The van der Waals surface area contributed by atoms with Crippen molar-refractivity contribution in [3.8, 4) is 0 Å². The smallest absolute Gasteiger partial charge is 0.231 e. The van der Waals surface area contributed by atoms with Gasteiger partial charge < -0.3 is 14.6 Å². The molecule has 2 saturated heterocycles. The molecule has 0 aromatic rings. The van der Waals surface area contributed by atoms with Crippen LogP contribution in [-0.4, -0.2) is 41.5 Å². The van der Waals surface area contributed by atoms with Crippen LogP contribution in [0.3, 0.4) is 0 Å². The van der Waals surface area contributed by atoms with Crippen LogP contribution < -0.4 is 0 Å². The van der Waals surface area contributed by atoms with Crippen molar-refractivity contribution >= 4 is 0 Å². The van der Waals surface area contributed by atoms with Gasteiger partial charge in [0.1, 0.15) is 0 Å². The fourth-order valence-corrected chi connectivity index (χ4v) is 4.19. The van der Waals surface area contributed by atoms with Crippen LogP contribution in [0.5, 0.6) is 0 Å². The molecular formula is C16H25NO3. The number of hydrogen-bond donors (Lipinski definition) is 1. The predicted molar refractivity (Wildman–Crippen MR) is 76.8 cm³/mol. The fraction of sp³-hybridized carbons (Fsp3) is 0.750. The maximum Gasteiger partial charge on any atom is 0.231 e. The lowest BCUT2D eigenvalue weighted by Gasteiger charge is -2.48. The number of likely N-dealkylation sites (tertiary alicyclic amines) is 1. The van der Waals surface area contributed by atoms with E-state index in [1.165, 1.54) is 5.57 Å². The highest BCUT2D eigenvalue weighted by Gasteiger charge is 2.47. The number of likely N-dealkylation sites (N-methyl/N-ethyl adjacent to an activating group) is 1. The van der Waals surface area contributed by atoms with Crippen LogP contribution in [0, 0.1) is 5.92 Å². The van der Waals surface area contributed by atoms with Crippen LogP contribution in [0.2, 0.25) is 0 Å². The van der Waals surface area contributed by atoms with E-state index in [1.807, 2.05) is 6.92 Å². The molecule has 4 nitrogen and oxygen atoms in total. The molecule has 0 spiro atoms. The van der Waals surface area contributed by atoms with E-state index in [4.69, 9.17) is 9.47 Å². The maximum absolute atomic E-state index is 10.7. The van der Waals surface area contributed by atoms with Crippen molar-refractivity contribution in [2.75, 3.05) is 13.3 Å². The van der Waals surface area contributed by atoms with Crippen molar-refractivity contribution in [3.63, 3.8) is 0 Å². The lowest BCUT2D eigenvalue weighted by Crippen LogP contribution is -2.52. The van der Waals surface area contributed by atoms with Gasteiger partial charge in [-0.1, -0.05) is 13.8 Å². The topological polar surface area (TPSA) is 41.9 Å². The number of hydrogen-bond acceptors (Lipinski definition) is 4. The third-order valence-electron chi connectivity index (χ3n) is 5.13. The lowest BCUT2D eigenvalue weighted by molar-refractivity contribution is 0.0505. The van der Waals surface area contributed by atoms with Crippen molar-refractivity contribution in [1.29, 1.82) is 0 Å². The molecule has 1 aliphatic carbocycles. The van der Waals surface area contributed by atoms with Gasteiger partial charge in [0.05, 0.1) is 6.10 Å². The Balaban J connectivity index is 2.11. The lowest BCUT2D eigenvalue weighted by atomic mass is 9.72. The number of aliphatic hydroxyl groups excluding tert-OH is 1. The predicted octanol–water partition coefficient (Wildman–Crippen LogP) is 2.40. The zero-order valence-electron chi connectivity index (χ0n) is 12.8. The first kappa shape index (κ1) is 14.0. The standard InChI is InChI=1S/C16H25NO3/c1-5-12-13-11(7-9(3)17(12)6-2)14(18)10(4)15-16(13)20-8-19-15/h9,11-12,14,18H,5-8H2,1-4H3/t9?,11?,12-,14?/m0/s1. The maximum atomic E-state index is 10.7. The number of nitrogens with zero attached hydrogens (tertiary/aromatic N) is 1. The van der Waals surface area contributed by atoms with E-state index >= 15 is 0 Å². The number of aliphatic hydroxyl groups is 1. The quantitative estimate of drug-likeness (QED) is 0.843. The van der Waals surface area contributed by atoms with Crippen LogP contribution in [0.1, 0.15) is 40.5 Å². The van der Waals surface area contributed by atoms with E-state index in [1.54, 1.807) is 0 Å². The Morgan fingerprint density at radius 2 is 1.95 bits per heavy atom. The highest BCUT2D eigenvalue weighted by molar-refractivity contribution is 5.43. The molecular weight excluding hydrogens is 254 g/mol. The van der Waals surface area contributed by atoms with Crippen molar-refractivity contribution < 1.29 is 14.6 Å². The zero-order chi connectivity index (χ0) is 14.4. The molecule has 0 aromatic carbocycles. The van der Waals surface area contributed by atoms with Gasteiger partial charge in [-0.15, -0.1) is 0 Å². The van der Waals surface area contributed by atoms with Crippen LogP contribution in [0.15, 0.2) is 22.7 Å². The van der Waals surface area contributed by atoms with Crippen LogP contribution >= 0.6 is 0 Å². The molecule has 0 radical (unpaired) electrons. The van der Waals surface area contributed by atoms with E-state index in [9.17, 15) is 5.11 Å². The molecule has 4 heteroatoms. The summed E-state index contributed by atoms with van der Waals surface area (Å²) >= 11 is 0. The monoisotopic (exact) mass is 279 g/mol. The highest BCUT2D eigenvalue weighted by atomic mass is 16.7. The Morgan fingerprint density at radius 1 is 1.25 bits per heavy atom. The van der Waals surface area contributed by atoms with Crippen LogP contribution in [0.25, 0.3) is 0 Å². The molecule has 1 N–H and O–H groups in total. The van der Waals surface area contributed by atoms with Gasteiger partial charge in [0.15, 0.2) is 11.5 Å². The Bertz CT molecular complexity index is 468. The minimum Gasteiger partial charge on any atom is -0.454 e. The van der Waals surface area contributed by atoms with Gasteiger partial charge in [-0.25, -0.2) is 0 Å². The summed E-state index contributed by atoms with van der Waals surface area (Å²) in [6, 6.07) is 0.842. The second-order valence-electron chi connectivity index (χ2n) is 6.09. The summed E-state index contributed by atoms with van der Waals surface area (Å²) in [7, 11) is 0. The van der Waals surface area contributed by atoms with Gasteiger partial charge in [-0.05, 0) is 38.8 Å². The molecule has 3 rings (SSSR count). The minimum atomic E-state index is -0.430. The normalized spacial score (nSPS) is 37.5. The van der Waals surface area contributed by atoms with E-state index in [2.05, 4.69) is 25.7 Å². The van der Waals surface area contributed by atoms with Gasteiger partial charge in [0.25, 0.3) is 0 Å². The first-order valence-electron chi connectivity index (χ1n) is 7.74. The molecule has 3 aliphatic rings. The summed E-state index contributed by atoms with van der Waals surface area (Å²) in [5.74, 6) is 1.88. The SMILES string of the molecule is CC[C@H]1C2=C3OCOC3=C(C)C(O)C2CC(C)N1CC. The molecule has 0 saturated carbocycles. The molecule has 2 fully saturated rings. The van der Waals surface area contributed by atoms with Crippen molar-refractivity contribution in [2.45, 2.75) is 58.7 Å². The summed E-state index contributed by atoms with van der Waals surface area (Å²) in [6.07, 6.45) is 1.59.